The van der Waals surface area contributed by atoms with Gasteiger partial charge in [0.05, 0.1) is 0 Å². The zero-order chi connectivity index (χ0) is 14.5. The molecule has 0 aromatic heterocycles. The lowest BCUT2D eigenvalue weighted by Crippen LogP contribution is -2.52. The van der Waals surface area contributed by atoms with Crippen LogP contribution in [0.5, 0.6) is 0 Å². The first-order chi connectivity index (χ1) is 8.10. The van der Waals surface area contributed by atoms with Crippen LogP contribution in [0.25, 0.3) is 0 Å². The van der Waals surface area contributed by atoms with Crippen molar-refractivity contribution < 1.29 is 14.7 Å². The van der Waals surface area contributed by atoms with Gasteiger partial charge in [-0.05, 0) is 33.6 Å². The second-order valence-corrected chi connectivity index (χ2v) is 5.57. The molecule has 5 heteroatoms. The predicted octanol–water partition coefficient (Wildman–Crippen LogP) is 1.46. The molecule has 106 valence electrons. The zero-order valence-electron chi connectivity index (χ0n) is 12.1. The van der Waals surface area contributed by atoms with Gasteiger partial charge in [-0.25, -0.2) is 4.79 Å². The van der Waals surface area contributed by atoms with E-state index in [2.05, 4.69) is 0 Å². The highest BCUT2D eigenvalue weighted by Crippen LogP contribution is 2.18. The number of carboxylic acid groups (broad SMARTS) is 1. The van der Waals surface area contributed by atoms with E-state index in [1.807, 2.05) is 13.8 Å². The summed E-state index contributed by atoms with van der Waals surface area (Å²) in [5, 5.41) is 9.08. The Labute approximate surface area is 109 Å². The first-order valence-corrected chi connectivity index (χ1v) is 6.37. The highest BCUT2D eigenvalue weighted by atomic mass is 16.4. The van der Waals surface area contributed by atoms with Crippen LogP contribution in [0.4, 0.5) is 0 Å². The van der Waals surface area contributed by atoms with Gasteiger partial charge in [0.25, 0.3) is 0 Å². The van der Waals surface area contributed by atoms with E-state index in [1.165, 1.54) is 18.7 Å². The summed E-state index contributed by atoms with van der Waals surface area (Å²) in [6.07, 6.45) is 2.50. The Morgan fingerprint density at radius 2 is 1.78 bits per heavy atom. The van der Waals surface area contributed by atoms with Crippen LogP contribution in [0, 0.1) is 5.92 Å². The van der Waals surface area contributed by atoms with Crippen molar-refractivity contribution in [3.63, 3.8) is 0 Å². The molecule has 0 fully saturated rings. The van der Waals surface area contributed by atoms with E-state index in [1.54, 1.807) is 7.05 Å². The number of hydrogen-bond acceptors (Lipinski definition) is 3. The van der Waals surface area contributed by atoms with E-state index in [0.29, 0.717) is 0 Å². The fraction of sp³-hybridized carbons (Fsp3) is 0.846. The predicted molar refractivity (Wildman–Crippen MR) is 71.1 cm³/mol. The lowest BCUT2D eigenvalue weighted by molar-refractivity contribution is -0.156. The number of nitrogens with zero attached hydrogens (tertiary/aromatic N) is 1. The van der Waals surface area contributed by atoms with Crippen LogP contribution in [0.1, 0.15) is 47.0 Å². The molecule has 0 saturated carbocycles. The van der Waals surface area contributed by atoms with E-state index in [-0.39, 0.29) is 17.9 Å². The van der Waals surface area contributed by atoms with Crippen molar-refractivity contribution in [2.75, 3.05) is 7.05 Å². The molecule has 0 heterocycles. The smallest absolute Gasteiger partial charge is 0.329 e. The number of carboxylic acids is 1. The minimum Gasteiger partial charge on any atom is -0.480 e. The van der Waals surface area contributed by atoms with E-state index >= 15 is 0 Å². The number of amides is 1. The third-order valence-electron chi connectivity index (χ3n) is 3.41. The summed E-state index contributed by atoms with van der Waals surface area (Å²) >= 11 is 0. The summed E-state index contributed by atoms with van der Waals surface area (Å²) in [6, 6.07) is 0.139. The fourth-order valence-electron chi connectivity index (χ4n) is 1.62. The molecule has 0 spiro atoms. The van der Waals surface area contributed by atoms with Crippen LogP contribution in [-0.2, 0) is 9.59 Å². The minimum absolute atomic E-state index is 0.132. The minimum atomic E-state index is -1.17. The van der Waals surface area contributed by atoms with Crippen LogP contribution in [0.2, 0.25) is 0 Å². The maximum absolute atomic E-state index is 12.1. The van der Waals surface area contributed by atoms with Gasteiger partial charge in [0.15, 0.2) is 0 Å². The van der Waals surface area contributed by atoms with Crippen molar-refractivity contribution in [3.8, 4) is 0 Å². The van der Waals surface area contributed by atoms with E-state index in [4.69, 9.17) is 10.8 Å². The second-order valence-electron chi connectivity index (χ2n) is 5.57. The van der Waals surface area contributed by atoms with Crippen molar-refractivity contribution in [3.05, 3.63) is 0 Å². The molecule has 0 saturated heterocycles. The van der Waals surface area contributed by atoms with E-state index in [9.17, 15) is 9.59 Å². The topological polar surface area (TPSA) is 83.6 Å². The van der Waals surface area contributed by atoms with Gasteiger partial charge in [-0.2, -0.15) is 0 Å². The number of carbonyl (C=O) groups excluding carboxylic acids is 1. The van der Waals surface area contributed by atoms with E-state index < -0.39 is 11.5 Å². The highest BCUT2D eigenvalue weighted by molar-refractivity contribution is 5.87. The maximum atomic E-state index is 12.1. The standard InChI is InChI=1S/C13H26N2O3/c1-9(7-6-8-10(2)14)11(16)15(5)13(3,4)12(17)18/h9-10H,6-8,14H2,1-5H3,(H,17,18). The van der Waals surface area contributed by atoms with Crippen molar-refractivity contribution in [2.24, 2.45) is 11.7 Å². The summed E-state index contributed by atoms with van der Waals surface area (Å²) in [4.78, 5) is 24.5. The Bertz CT molecular complexity index is 301. The summed E-state index contributed by atoms with van der Waals surface area (Å²) in [7, 11) is 1.54. The number of nitrogens with two attached hydrogens (primary N) is 1. The molecule has 2 unspecified atom stereocenters. The maximum Gasteiger partial charge on any atom is 0.329 e. The van der Waals surface area contributed by atoms with Crippen molar-refractivity contribution in [1.29, 1.82) is 0 Å². The fourth-order valence-corrected chi connectivity index (χ4v) is 1.62. The largest absolute Gasteiger partial charge is 0.480 e. The first kappa shape index (κ1) is 16.9. The molecule has 3 N–H and O–H groups in total. The monoisotopic (exact) mass is 258 g/mol. The molecule has 0 bridgehead atoms. The first-order valence-electron chi connectivity index (χ1n) is 6.37. The van der Waals surface area contributed by atoms with Crippen LogP contribution in [-0.4, -0.2) is 40.5 Å². The Morgan fingerprint density at radius 1 is 1.28 bits per heavy atom. The van der Waals surface area contributed by atoms with Crippen molar-refractivity contribution in [2.45, 2.75) is 58.5 Å². The van der Waals surface area contributed by atoms with Crippen LogP contribution in [0.15, 0.2) is 0 Å². The summed E-state index contributed by atoms with van der Waals surface area (Å²) in [5.74, 6) is -1.31. The van der Waals surface area contributed by atoms with Crippen LogP contribution >= 0.6 is 0 Å². The molecule has 0 rings (SSSR count). The van der Waals surface area contributed by atoms with Crippen molar-refractivity contribution in [1.82, 2.24) is 4.90 Å². The Kier molecular flexibility index (Phi) is 6.32. The SMILES string of the molecule is CC(N)CCCC(C)C(=O)N(C)C(C)(C)C(=O)O. The molecule has 0 aliphatic heterocycles. The molecule has 0 aromatic rings. The van der Waals surface area contributed by atoms with Gasteiger partial charge in [0.1, 0.15) is 5.54 Å². The Balaban J connectivity index is 4.42. The average molecular weight is 258 g/mol. The zero-order valence-corrected chi connectivity index (χ0v) is 12.1. The second kappa shape index (κ2) is 6.73. The normalized spacial score (nSPS) is 15.0. The summed E-state index contributed by atoms with van der Waals surface area (Å²) in [5.41, 5.74) is 4.48. The number of carbonyl (C=O) groups is 2. The number of likely N-dealkylation sites (N-methyl/N-ethyl adjacent to an activating group) is 1. The number of hydrogen-bond donors (Lipinski definition) is 2. The summed E-state index contributed by atoms with van der Waals surface area (Å²) < 4.78 is 0. The molecular weight excluding hydrogens is 232 g/mol. The average Bonchev–Trinajstić information content (AvgIpc) is 2.25. The molecule has 1 amide bonds. The Hall–Kier alpha value is -1.10. The molecule has 18 heavy (non-hydrogen) atoms. The van der Waals surface area contributed by atoms with Crippen molar-refractivity contribution >= 4 is 11.9 Å². The molecule has 0 aliphatic rings. The van der Waals surface area contributed by atoms with Crippen LogP contribution < -0.4 is 5.73 Å². The van der Waals surface area contributed by atoms with Gasteiger partial charge in [0, 0.05) is 19.0 Å². The third-order valence-corrected chi connectivity index (χ3v) is 3.41. The molecule has 0 aromatic carbocycles. The van der Waals surface area contributed by atoms with Gasteiger partial charge >= 0.3 is 5.97 Å². The van der Waals surface area contributed by atoms with Gasteiger partial charge < -0.3 is 15.7 Å². The Morgan fingerprint density at radius 3 is 2.17 bits per heavy atom. The molecule has 5 nitrogen and oxygen atoms in total. The van der Waals surface area contributed by atoms with Gasteiger partial charge in [-0.1, -0.05) is 13.3 Å². The van der Waals surface area contributed by atoms with Crippen LogP contribution in [0.3, 0.4) is 0 Å². The lowest BCUT2D eigenvalue weighted by atomic mass is 9.97. The highest BCUT2D eigenvalue weighted by Gasteiger charge is 2.36. The van der Waals surface area contributed by atoms with Gasteiger partial charge in [-0.15, -0.1) is 0 Å². The van der Waals surface area contributed by atoms with E-state index in [0.717, 1.165) is 19.3 Å². The lowest BCUT2D eigenvalue weighted by Gasteiger charge is -2.33. The molecule has 2 atom stereocenters. The number of rotatable bonds is 7. The third kappa shape index (κ3) is 4.64. The molecule has 0 radical (unpaired) electrons. The summed E-state index contributed by atoms with van der Waals surface area (Å²) in [6.45, 7) is 6.83. The number of aliphatic carboxylic acids is 1. The quantitative estimate of drug-likeness (QED) is 0.724. The van der Waals surface area contributed by atoms with Gasteiger partial charge in [-0.3, -0.25) is 4.79 Å². The molecular formula is C13H26N2O3. The van der Waals surface area contributed by atoms with Gasteiger partial charge in [0.2, 0.25) is 5.91 Å². The molecule has 0 aliphatic carbocycles.